The van der Waals surface area contributed by atoms with Crippen molar-refractivity contribution in [3.63, 3.8) is 0 Å². The molecule has 3 aliphatic rings. The van der Waals surface area contributed by atoms with Gasteiger partial charge in [0.25, 0.3) is 5.69 Å². The topological polar surface area (TPSA) is 55.2 Å². The number of nitro groups is 1. The van der Waals surface area contributed by atoms with Gasteiger partial charge in [0.05, 0.1) is 4.92 Å². The number of nitrogens with one attached hydrogen (secondary N) is 1. The number of hydrogen-bond acceptors (Lipinski definition) is 3. The SMILES string of the molecule is O=[N+]([O-])c1cccc(CNC2CC3CC2C2CCCC32)c1. The molecule has 0 spiro atoms. The molecule has 0 radical (unpaired) electrons. The predicted molar refractivity (Wildman–Crippen MR) is 80.8 cm³/mol. The largest absolute Gasteiger partial charge is 0.310 e. The number of nitro benzene ring substituents is 1. The number of non-ortho nitro benzene ring substituents is 1. The van der Waals surface area contributed by atoms with Crippen LogP contribution in [-0.4, -0.2) is 11.0 Å². The summed E-state index contributed by atoms with van der Waals surface area (Å²) in [5.74, 6) is 3.79. The fraction of sp³-hybridized carbons (Fsp3) is 0.647. The summed E-state index contributed by atoms with van der Waals surface area (Å²) >= 11 is 0. The molecule has 0 aromatic heterocycles. The van der Waals surface area contributed by atoms with Gasteiger partial charge in [-0.25, -0.2) is 0 Å². The van der Waals surface area contributed by atoms with E-state index in [0.29, 0.717) is 6.04 Å². The molecule has 4 nitrogen and oxygen atoms in total. The summed E-state index contributed by atoms with van der Waals surface area (Å²) in [6, 6.07) is 7.64. The highest BCUT2D eigenvalue weighted by atomic mass is 16.6. The zero-order valence-electron chi connectivity index (χ0n) is 12.2. The number of benzene rings is 1. The third-order valence-corrected chi connectivity index (χ3v) is 6.12. The average Bonchev–Trinajstić information content (AvgIpc) is 3.17. The molecular weight excluding hydrogens is 264 g/mol. The van der Waals surface area contributed by atoms with E-state index in [0.717, 1.165) is 35.8 Å². The second kappa shape index (κ2) is 5.09. The molecule has 0 aliphatic heterocycles. The maximum Gasteiger partial charge on any atom is 0.269 e. The van der Waals surface area contributed by atoms with E-state index in [1.165, 1.54) is 32.1 Å². The monoisotopic (exact) mass is 286 g/mol. The van der Waals surface area contributed by atoms with Gasteiger partial charge in [-0.1, -0.05) is 18.6 Å². The standard InChI is InChI=1S/C17H22N2O2/c20-19(21)13-4-1-3-11(7-13)10-18-17-9-12-8-16(17)15-6-2-5-14(12)15/h1,3-4,7,12,14-18H,2,5-6,8-10H2. The molecule has 4 heteroatoms. The Morgan fingerprint density at radius 2 is 2.05 bits per heavy atom. The molecule has 0 amide bonds. The van der Waals surface area contributed by atoms with Gasteiger partial charge >= 0.3 is 0 Å². The Hall–Kier alpha value is -1.42. The van der Waals surface area contributed by atoms with Gasteiger partial charge < -0.3 is 5.32 Å². The van der Waals surface area contributed by atoms with E-state index >= 15 is 0 Å². The van der Waals surface area contributed by atoms with Crippen LogP contribution in [0.4, 0.5) is 5.69 Å². The van der Waals surface area contributed by atoms with Crippen molar-refractivity contribution in [1.82, 2.24) is 5.32 Å². The fourth-order valence-corrected chi connectivity index (χ4v) is 5.33. The van der Waals surface area contributed by atoms with Crippen LogP contribution in [0.25, 0.3) is 0 Å². The molecule has 4 rings (SSSR count). The molecule has 1 aromatic rings. The smallest absolute Gasteiger partial charge is 0.269 e. The number of hydrogen-bond donors (Lipinski definition) is 1. The Bertz CT molecular complexity index is 559. The first kappa shape index (κ1) is 13.3. The molecule has 2 bridgehead atoms. The Morgan fingerprint density at radius 3 is 2.90 bits per heavy atom. The summed E-state index contributed by atoms with van der Waals surface area (Å²) in [6.45, 7) is 0.757. The summed E-state index contributed by atoms with van der Waals surface area (Å²) in [6.07, 6.45) is 7.06. The van der Waals surface area contributed by atoms with Crippen LogP contribution in [0.2, 0.25) is 0 Å². The maximum absolute atomic E-state index is 10.8. The molecule has 112 valence electrons. The average molecular weight is 286 g/mol. The van der Waals surface area contributed by atoms with Gasteiger partial charge in [0.15, 0.2) is 0 Å². The van der Waals surface area contributed by atoms with Gasteiger partial charge in [-0.2, -0.15) is 0 Å². The van der Waals surface area contributed by atoms with Crippen LogP contribution in [-0.2, 0) is 6.54 Å². The lowest BCUT2D eigenvalue weighted by molar-refractivity contribution is -0.384. The lowest BCUT2D eigenvalue weighted by atomic mass is 9.79. The van der Waals surface area contributed by atoms with Crippen LogP contribution in [0.3, 0.4) is 0 Å². The Balaban J connectivity index is 1.40. The first-order chi connectivity index (χ1) is 10.2. The first-order valence-corrected chi connectivity index (χ1v) is 8.19. The molecule has 3 aliphatic carbocycles. The number of fused-ring (bicyclic) bond motifs is 5. The lowest BCUT2D eigenvalue weighted by Crippen LogP contribution is -2.38. The molecule has 21 heavy (non-hydrogen) atoms. The van der Waals surface area contributed by atoms with Crippen LogP contribution >= 0.6 is 0 Å². The predicted octanol–water partition coefficient (Wildman–Crippen LogP) is 3.51. The number of rotatable bonds is 4. The highest BCUT2D eigenvalue weighted by Gasteiger charge is 2.53. The van der Waals surface area contributed by atoms with Crippen LogP contribution < -0.4 is 5.32 Å². The van der Waals surface area contributed by atoms with E-state index in [9.17, 15) is 10.1 Å². The summed E-state index contributed by atoms with van der Waals surface area (Å²) in [5.41, 5.74) is 1.22. The molecule has 5 unspecified atom stereocenters. The third-order valence-electron chi connectivity index (χ3n) is 6.12. The van der Waals surface area contributed by atoms with E-state index in [2.05, 4.69) is 5.32 Å². The van der Waals surface area contributed by atoms with Gasteiger partial charge in [-0.05, 0) is 54.9 Å². The lowest BCUT2D eigenvalue weighted by Gasteiger charge is -2.32. The van der Waals surface area contributed by atoms with Crippen LogP contribution in [0.5, 0.6) is 0 Å². The first-order valence-electron chi connectivity index (χ1n) is 8.19. The second-order valence-electron chi connectivity index (χ2n) is 7.07. The maximum atomic E-state index is 10.8. The minimum atomic E-state index is -0.315. The van der Waals surface area contributed by atoms with Crippen LogP contribution in [0.15, 0.2) is 24.3 Å². The molecule has 1 aromatic carbocycles. The normalized spacial score (nSPS) is 36.9. The summed E-state index contributed by atoms with van der Waals surface area (Å²) in [4.78, 5) is 10.5. The van der Waals surface area contributed by atoms with E-state index in [1.807, 2.05) is 6.07 Å². The van der Waals surface area contributed by atoms with Crippen molar-refractivity contribution >= 4 is 5.69 Å². The van der Waals surface area contributed by atoms with Crippen molar-refractivity contribution in [3.05, 3.63) is 39.9 Å². The summed E-state index contributed by atoms with van der Waals surface area (Å²) in [5, 5.41) is 14.5. The molecule has 0 heterocycles. The molecule has 1 N–H and O–H groups in total. The molecule has 3 saturated carbocycles. The van der Waals surface area contributed by atoms with E-state index in [4.69, 9.17) is 0 Å². The van der Waals surface area contributed by atoms with Gasteiger partial charge in [0, 0.05) is 24.7 Å². The fourth-order valence-electron chi connectivity index (χ4n) is 5.33. The van der Waals surface area contributed by atoms with Gasteiger partial charge in [-0.15, -0.1) is 0 Å². The Kier molecular flexibility index (Phi) is 3.21. The molecule has 3 fully saturated rings. The Morgan fingerprint density at radius 1 is 1.19 bits per heavy atom. The van der Waals surface area contributed by atoms with Gasteiger partial charge in [0.2, 0.25) is 0 Å². The van der Waals surface area contributed by atoms with Crippen LogP contribution in [0, 0.1) is 33.8 Å². The third kappa shape index (κ3) is 2.26. The van der Waals surface area contributed by atoms with E-state index < -0.39 is 0 Å². The minimum Gasteiger partial charge on any atom is -0.310 e. The van der Waals surface area contributed by atoms with E-state index in [-0.39, 0.29) is 10.6 Å². The highest BCUT2D eigenvalue weighted by molar-refractivity contribution is 5.34. The van der Waals surface area contributed by atoms with E-state index in [1.54, 1.807) is 18.2 Å². The van der Waals surface area contributed by atoms with Crippen molar-refractivity contribution < 1.29 is 4.92 Å². The van der Waals surface area contributed by atoms with Crippen molar-refractivity contribution in [3.8, 4) is 0 Å². The molecule has 0 saturated heterocycles. The highest BCUT2D eigenvalue weighted by Crippen LogP contribution is 2.58. The quantitative estimate of drug-likeness (QED) is 0.680. The van der Waals surface area contributed by atoms with Crippen molar-refractivity contribution in [2.24, 2.45) is 23.7 Å². The van der Waals surface area contributed by atoms with Crippen molar-refractivity contribution in [2.45, 2.75) is 44.7 Å². The summed E-state index contributed by atoms with van der Waals surface area (Å²) < 4.78 is 0. The molecular formula is C17H22N2O2. The second-order valence-corrected chi connectivity index (χ2v) is 7.07. The molecule has 5 atom stereocenters. The van der Waals surface area contributed by atoms with Crippen molar-refractivity contribution in [1.29, 1.82) is 0 Å². The van der Waals surface area contributed by atoms with Gasteiger partial charge in [-0.3, -0.25) is 10.1 Å². The zero-order valence-corrected chi connectivity index (χ0v) is 12.2. The zero-order chi connectivity index (χ0) is 14.4. The summed E-state index contributed by atoms with van der Waals surface area (Å²) in [7, 11) is 0. The Labute approximate surface area is 125 Å². The van der Waals surface area contributed by atoms with Gasteiger partial charge in [0.1, 0.15) is 0 Å². The van der Waals surface area contributed by atoms with Crippen molar-refractivity contribution in [2.75, 3.05) is 0 Å². The number of nitrogens with zero attached hydrogens (tertiary/aromatic N) is 1. The minimum absolute atomic E-state index is 0.193. The van der Waals surface area contributed by atoms with Crippen LogP contribution in [0.1, 0.15) is 37.7 Å².